The number of piperidine rings is 2. The average Bonchev–Trinajstić information content (AvgIpc) is 2.19. The lowest BCUT2D eigenvalue weighted by atomic mass is 10.1. The molecular formula is C56H48F10N12O7. The number of carbonyl (C=O) groups is 4. The van der Waals surface area contributed by atoms with Gasteiger partial charge in [-0.05, 0) is 83.9 Å². The van der Waals surface area contributed by atoms with E-state index in [9.17, 15) is 63.1 Å². The molecule has 0 spiro atoms. The number of amides is 3. The SMILES string of the molecule is FC1(F)CCNCC1.Nc1ccc(/C=C/C(=O)NCc2cc3cc(-c4ncc(C(=O)N5CCC(F)(F)CC5)cn4)cc(C(F)(F)F)c3o2)cn1.Nc1ccc(/C=C/C(=O)NCc2cc3cc(-c4ncc(C(=O)O)cn4)cc(C(F)(F)F)c3o2)cn1. The number of benzene rings is 2. The number of aromatic nitrogens is 6. The van der Waals surface area contributed by atoms with E-state index in [2.05, 4.69) is 45.9 Å². The fraction of sp³-hybridized carbons (Fsp3) is 0.250. The van der Waals surface area contributed by atoms with Gasteiger partial charge in [0, 0.05) is 123 Å². The predicted octanol–water partition coefficient (Wildman–Crippen LogP) is 10.0. The number of pyridine rings is 2. The first-order chi connectivity index (χ1) is 40.2. The monoisotopic (exact) mass is 1190 g/mol. The van der Waals surface area contributed by atoms with Crippen LogP contribution in [0.5, 0.6) is 0 Å². The molecule has 10 rings (SSSR count). The van der Waals surface area contributed by atoms with E-state index in [1.54, 1.807) is 24.3 Å². The standard InChI is InChI=1S/C28H23F5N6O3.C23H16F3N5O4.C5H9F2N/c29-27(30)5-7-39(8-6-27)26(41)19-13-37-25(38-14-19)18-9-17-10-20(42-24(17)21(11-18)28(31,32)33)15-36-23(40)4-2-16-1-3-22(34)35-12-16;24-23(25,26)17-7-14(21-30-9-15(10-31-21)22(33)34)5-13-6-16(35-20(13)17)11-29-19(32)4-2-12-1-3-18(27)28-8-12;6-5(7)1-3-8-4-2-5/h1-4,9-14H,5-8,15H2,(H2,34,35)(H,36,40);1-10H,11H2,(H2,27,28)(H,29,32)(H,33,34);8H,1-4H2/b2*4-2+;. The molecule has 0 saturated carbocycles. The Kier molecular flexibility index (Phi) is 18.6. The van der Waals surface area contributed by atoms with Gasteiger partial charge in [-0.3, -0.25) is 14.4 Å². The number of nitrogens with zero attached hydrogens (tertiary/aromatic N) is 7. The molecule has 6 aromatic heterocycles. The molecule has 8 aromatic rings. The minimum absolute atomic E-state index is 0.00694. The molecule has 0 aliphatic carbocycles. The van der Waals surface area contributed by atoms with E-state index in [-0.39, 0.29) is 95.2 Å². The second kappa shape index (κ2) is 25.8. The third kappa shape index (κ3) is 16.7. The van der Waals surface area contributed by atoms with Crippen molar-refractivity contribution in [2.24, 2.45) is 0 Å². The number of rotatable bonds is 12. The third-order valence-corrected chi connectivity index (χ3v) is 12.7. The number of fused-ring (bicyclic) bond motifs is 2. The molecule has 0 atom stereocenters. The van der Waals surface area contributed by atoms with Crippen molar-refractivity contribution in [1.29, 1.82) is 0 Å². The molecule has 2 aromatic carbocycles. The van der Waals surface area contributed by atoms with Crippen molar-refractivity contribution in [3.05, 3.63) is 155 Å². The summed E-state index contributed by atoms with van der Waals surface area (Å²) in [5.74, 6) is -7.33. The maximum Gasteiger partial charge on any atom is 0.420 e. The maximum atomic E-state index is 14.0. The molecule has 8 heterocycles. The van der Waals surface area contributed by atoms with E-state index in [1.165, 1.54) is 65.9 Å². The highest BCUT2D eigenvalue weighted by Gasteiger charge is 2.38. The highest BCUT2D eigenvalue weighted by atomic mass is 19.4. The van der Waals surface area contributed by atoms with Crippen LogP contribution in [-0.2, 0) is 35.0 Å². The van der Waals surface area contributed by atoms with E-state index in [0.29, 0.717) is 35.9 Å². The number of halogens is 10. The molecule has 29 heteroatoms. The lowest BCUT2D eigenvalue weighted by molar-refractivity contribution is -0.137. The van der Waals surface area contributed by atoms with Crippen molar-refractivity contribution in [1.82, 2.24) is 50.8 Å². The van der Waals surface area contributed by atoms with Crippen molar-refractivity contribution in [2.75, 3.05) is 37.6 Å². The molecule has 3 amide bonds. The van der Waals surface area contributed by atoms with Gasteiger partial charge in [0.25, 0.3) is 17.8 Å². The van der Waals surface area contributed by atoms with Gasteiger partial charge in [-0.15, -0.1) is 0 Å². The first kappa shape index (κ1) is 61.3. The van der Waals surface area contributed by atoms with Gasteiger partial charge in [0.05, 0.1) is 35.3 Å². The van der Waals surface area contributed by atoms with Crippen molar-refractivity contribution in [3.63, 3.8) is 0 Å². The molecule has 2 saturated heterocycles. The molecule has 19 nitrogen and oxygen atoms in total. The summed E-state index contributed by atoms with van der Waals surface area (Å²) < 4.78 is 145. The van der Waals surface area contributed by atoms with E-state index in [4.69, 9.17) is 25.4 Å². The second-order valence-corrected chi connectivity index (χ2v) is 19.1. The third-order valence-electron chi connectivity index (χ3n) is 12.7. The Hall–Kier alpha value is -9.80. The van der Waals surface area contributed by atoms with E-state index >= 15 is 0 Å². The number of anilines is 2. The molecular weight excluding hydrogens is 1140 g/mol. The Labute approximate surface area is 474 Å². The fourth-order valence-electron chi connectivity index (χ4n) is 8.29. The summed E-state index contributed by atoms with van der Waals surface area (Å²) in [6.07, 6.45) is 2.33. The largest absolute Gasteiger partial charge is 0.478 e. The van der Waals surface area contributed by atoms with Gasteiger partial charge in [-0.1, -0.05) is 0 Å². The summed E-state index contributed by atoms with van der Waals surface area (Å²) in [5.41, 5.74) is 9.21. The molecule has 2 aliphatic heterocycles. The molecule has 85 heavy (non-hydrogen) atoms. The number of aromatic carboxylic acids is 1. The maximum absolute atomic E-state index is 14.0. The minimum atomic E-state index is -4.78. The quantitative estimate of drug-likeness (QED) is 0.0490. The van der Waals surface area contributed by atoms with Gasteiger partial charge < -0.3 is 46.3 Å². The highest BCUT2D eigenvalue weighted by molar-refractivity contribution is 5.95. The first-order valence-corrected chi connectivity index (χ1v) is 25.4. The molecule has 2 aliphatic rings. The molecule has 0 bridgehead atoms. The van der Waals surface area contributed by atoms with Gasteiger partial charge in [-0.25, -0.2) is 52.3 Å². The Morgan fingerprint density at radius 1 is 0.588 bits per heavy atom. The summed E-state index contributed by atoms with van der Waals surface area (Å²) in [5, 5.41) is 17.1. The van der Waals surface area contributed by atoms with E-state index in [0.717, 1.165) is 36.9 Å². The fourth-order valence-corrected chi connectivity index (χ4v) is 8.29. The van der Waals surface area contributed by atoms with Crippen LogP contribution in [0, 0.1) is 0 Å². The van der Waals surface area contributed by atoms with Crippen molar-refractivity contribution >= 4 is 69.4 Å². The number of likely N-dealkylation sites (tertiary alicyclic amines) is 1. The van der Waals surface area contributed by atoms with Crippen LogP contribution in [0.1, 0.15) is 80.2 Å². The second-order valence-electron chi connectivity index (χ2n) is 19.1. The molecule has 0 unspecified atom stereocenters. The Morgan fingerprint density at radius 2 is 1.00 bits per heavy atom. The van der Waals surface area contributed by atoms with Crippen LogP contribution < -0.4 is 27.4 Å². The number of nitrogens with one attached hydrogen (secondary N) is 3. The Morgan fingerprint density at radius 3 is 1.36 bits per heavy atom. The highest BCUT2D eigenvalue weighted by Crippen LogP contribution is 2.41. The summed E-state index contributed by atoms with van der Waals surface area (Å²) in [4.78, 5) is 72.8. The number of hydrogen-bond acceptors (Lipinski definition) is 15. The summed E-state index contributed by atoms with van der Waals surface area (Å²) in [6.45, 7) is 0.339. The van der Waals surface area contributed by atoms with Crippen LogP contribution in [0.3, 0.4) is 0 Å². The number of furan rings is 2. The number of carboxylic acid groups (broad SMARTS) is 1. The summed E-state index contributed by atoms with van der Waals surface area (Å²) in [6, 6.07) is 13.7. The lowest BCUT2D eigenvalue weighted by Crippen LogP contribution is -2.42. The zero-order valence-corrected chi connectivity index (χ0v) is 44.1. The number of nitrogens with two attached hydrogens (primary N) is 2. The van der Waals surface area contributed by atoms with Gasteiger partial charge in [0.2, 0.25) is 11.8 Å². The van der Waals surface area contributed by atoms with Crippen molar-refractivity contribution in [3.8, 4) is 22.8 Å². The van der Waals surface area contributed by atoms with Gasteiger partial charge in [-0.2, -0.15) is 26.3 Å². The zero-order valence-electron chi connectivity index (χ0n) is 44.1. The van der Waals surface area contributed by atoms with Crippen LogP contribution >= 0.6 is 0 Å². The van der Waals surface area contributed by atoms with Crippen molar-refractivity contribution in [2.45, 2.75) is 63.0 Å². The summed E-state index contributed by atoms with van der Waals surface area (Å²) in [7, 11) is 0. The van der Waals surface area contributed by atoms with Crippen LogP contribution in [-0.4, -0.2) is 102 Å². The Bertz CT molecular complexity index is 3740. The summed E-state index contributed by atoms with van der Waals surface area (Å²) >= 11 is 0. The van der Waals surface area contributed by atoms with Crippen LogP contribution in [0.4, 0.5) is 55.5 Å². The lowest BCUT2D eigenvalue weighted by Gasteiger charge is -2.31. The van der Waals surface area contributed by atoms with E-state index < -0.39 is 83.0 Å². The first-order valence-electron chi connectivity index (χ1n) is 25.4. The zero-order chi connectivity index (χ0) is 61.3. The topological polar surface area (TPSA) is 283 Å². The van der Waals surface area contributed by atoms with Crippen LogP contribution in [0.15, 0.2) is 119 Å². The van der Waals surface area contributed by atoms with Gasteiger partial charge in [0.1, 0.15) is 34.3 Å². The van der Waals surface area contributed by atoms with Gasteiger partial charge in [0.15, 0.2) is 11.6 Å². The smallest absolute Gasteiger partial charge is 0.420 e. The Balaban J connectivity index is 0.000000198. The normalized spacial score (nSPS) is 15.0. The van der Waals surface area contributed by atoms with Crippen LogP contribution in [0.2, 0.25) is 0 Å². The minimum Gasteiger partial charge on any atom is -0.478 e. The van der Waals surface area contributed by atoms with Gasteiger partial charge >= 0.3 is 18.3 Å². The number of hydrogen-bond donors (Lipinski definition) is 6. The van der Waals surface area contributed by atoms with Crippen LogP contribution in [0.25, 0.3) is 56.9 Å². The number of alkyl halides is 10. The number of nitrogen functional groups attached to an aromatic ring is 2. The average molecular weight is 1190 g/mol. The molecule has 444 valence electrons. The number of carbonyl (C=O) groups excluding carboxylic acids is 3. The molecule has 0 radical (unpaired) electrons. The molecule has 8 N–H and O–H groups in total. The van der Waals surface area contributed by atoms with E-state index in [1.807, 2.05) is 0 Å². The number of carboxylic acids is 1. The van der Waals surface area contributed by atoms with Crippen molar-refractivity contribution < 1.29 is 77.0 Å². The molecule has 2 fully saturated rings. The predicted molar refractivity (Wildman–Crippen MR) is 288 cm³/mol.